The molecule has 0 spiro atoms. The molecule has 0 aromatic heterocycles. The molecule has 1 aromatic rings. The first kappa shape index (κ1) is 13.6. The Morgan fingerprint density at radius 1 is 1.20 bits per heavy atom. The average molecular weight is 272 g/mol. The van der Waals surface area contributed by atoms with Gasteiger partial charge >= 0.3 is 0 Å². The van der Waals surface area contributed by atoms with Crippen molar-refractivity contribution in [3.05, 3.63) is 29.8 Å². The molecule has 2 N–H and O–H groups in total. The molecule has 2 atom stereocenters. The molecule has 1 amide bonds. The monoisotopic (exact) mass is 272 g/mol. The summed E-state index contributed by atoms with van der Waals surface area (Å²) >= 11 is 0. The molecular formula is C17H24N2O. The lowest BCUT2D eigenvalue weighted by atomic mass is 9.78. The number of hydrogen-bond donors (Lipinski definition) is 1. The highest BCUT2D eigenvalue weighted by Crippen LogP contribution is 2.34. The van der Waals surface area contributed by atoms with E-state index >= 15 is 0 Å². The summed E-state index contributed by atoms with van der Waals surface area (Å²) in [5.74, 6) is 0.831. The number of rotatable bonds is 2. The van der Waals surface area contributed by atoms with Crippen LogP contribution in [0.1, 0.15) is 37.7 Å². The number of nitrogens with two attached hydrogens (primary N) is 1. The van der Waals surface area contributed by atoms with Crippen LogP contribution in [-0.2, 0) is 11.2 Å². The maximum atomic E-state index is 13.0. The largest absolute Gasteiger partial charge is 0.330 e. The van der Waals surface area contributed by atoms with Gasteiger partial charge < -0.3 is 10.6 Å². The van der Waals surface area contributed by atoms with Crippen LogP contribution in [0.25, 0.3) is 0 Å². The quantitative estimate of drug-likeness (QED) is 0.900. The maximum Gasteiger partial charge on any atom is 0.230 e. The molecule has 3 rings (SSSR count). The van der Waals surface area contributed by atoms with E-state index in [9.17, 15) is 4.79 Å². The number of nitrogens with zero attached hydrogens (tertiary/aromatic N) is 1. The number of carbonyl (C=O) groups excluding carboxylic acids is 1. The average Bonchev–Trinajstić information content (AvgIpc) is 2.53. The van der Waals surface area contributed by atoms with Gasteiger partial charge in [0.1, 0.15) is 0 Å². The van der Waals surface area contributed by atoms with E-state index in [1.807, 2.05) is 11.0 Å². The van der Waals surface area contributed by atoms with E-state index < -0.39 is 0 Å². The Morgan fingerprint density at radius 3 is 2.85 bits per heavy atom. The molecule has 1 aliphatic heterocycles. The maximum absolute atomic E-state index is 13.0. The van der Waals surface area contributed by atoms with E-state index in [0.717, 1.165) is 37.9 Å². The minimum atomic E-state index is 0.139. The normalized spacial score (nSPS) is 26.1. The molecule has 3 nitrogen and oxygen atoms in total. The van der Waals surface area contributed by atoms with Crippen molar-refractivity contribution in [2.75, 3.05) is 18.0 Å². The summed E-state index contributed by atoms with van der Waals surface area (Å²) in [5.41, 5.74) is 8.33. The van der Waals surface area contributed by atoms with Gasteiger partial charge in [-0.3, -0.25) is 4.79 Å². The van der Waals surface area contributed by atoms with Crippen molar-refractivity contribution in [2.45, 2.75) is 38.5 Å². The fourth-order valence-corrected chi connectivity index (χ4v) is 3.78. The molecule has 108 valence electrons. The number of anilines is 1. The fraction of sp³-hybridized carbons (Fsp3) is 0.588. The number of fused-ring (bicyclic) bond motifs is 1. The molecule has 1 aromatic carbocycles. The molecule has 3 heteroatoms. The van der Waals surface area contributed by atoms with E-state index in [2.05, 4.69) is 18.2 Å². The van der Waals surface area contributed by atoms with E-state index in [0.29, 0.717) is 18.4 Å². The van der Waals surface area contributed by atoms with Crippen molar-refractivity contribution in [1.82, 2.24) is 0 Å². The SMILES string of the molecule is NCC1CCCCC1C(=O)N1CCCc2ccccc21. The number of amides is 1. The smallest absolute Gasteiger partial charge is 0.230 e. The third-order valence-electron chi connectivity index (χ3n) is 4.91. The van der Waals surface area contributed by atoms with Gasteiger partial charge in [-0.05, 0) is 49.8 Å². The second-order valence-corrected chi connectivity index (χ2v) is 6.11. The molecule has 0 bridgehead atoms. The van der Waals surface area contributed by atoms with Crippen LogP contribution in [0.2, 0.25) is 0 Å². The number of benzene rings is 1. The lowest BCUT2D eigenvalue weighted by Gasteiger charge is -2.36. The van der Waals surface area contributed by atoms with Gasteiger partial charge in [0.05, 0.1) is 0 Å². The van der Waals surface area contributed by atoms with Crippen LogP contribution in [0, 0.1) is 11.8 Å². The molecule has 1 saturated carbocycles. The highest BCUT2D eigenvalue weighted by Gasteiger charge is 2.34. The lowest BCUT2D eigenvalue weighted by molar-refractivity contribution is -0.125. The first-order valence-corrected chi connectivity index (χ1v) is 7.90. The summed E-state index contributed by atoms with van der Waals surface area (Å²) < 4.78 is 0. The number of hydrogen-bond acceptors (Lipinski definition) is 2. The molecule has 0 saturated heterocycles. The molecule has 20 heavy (non-hydrogen) atoms. The van der Waals surface area contributed by atoms with Crippen molar-refractivity contribution < 1.29 is 4.79 Å². The zero-order valence-corrected chi connectivity index (χ0v) is 12.1. The Labute approximate surface area is 121 Å². The van der Waals surface area contributed by atoms with Gasteiger partial charge in [0.25, 0.3) is 0 Å². The molecule has 1 aliphatic carbocycles. The van der Waals surface area contributed by atoms with E-state index in [-0.39, 0.29) is 5.92 Å². The van der Waals surface area contributed by atoms with E-state index in [4.69, 9.17) is 5.73 Å². The van der Waals surface area contributed by atoms with E-state index in [1.165, 1.54) is 18.4 Å². The van der Waals surface area contributed by atoms with Crippen LogP contribution in [0.4, 0.5) is 5.69 Å². The molecule has 1 heterocycles. The van der Waals surface area contributed by atoms with Crippen molar-refractivity contribution in [3.8, 4) is 0 Å². The highest BCUT2D eigenvalue weighted by molar-refractivity contribution is 5.96. The van der Waals surface area contributed by atoms with Crippen molar-refractivity contribution in [1.29, 1.82) is 0 Å². The lowest BCUT2D eigenvalue weighted by Crippen LogP contribution is -2.44. The zero-order valence-electron chi connectivity index (χ0n) is 12.1. The topological polar surface area (TPSA) is 46.3 Å². The first-order chi connectivity index (χ1) is 9.81. The zero-order chi connectivity index (χ0) is 13.9. The Morgan fingerprint density at radius 2 is 2.00 bits per heavy atom. The predicted octanol–water partition coefficient (Wildman–Crippen LogP) is 2.73. The Balaban J connectivity index is 1.84. The van der Waals surface area contributed by atoms with Gasteiger partial charge in [-0.15, -0.1) is 0 Å². The summed E-state index contributed by atoms with van der Waals surface area (Å²) in [5, 5.41) is 0. The van der Waals surface area contributed by atoms with Crippen LogP contribution in [-0.4, -0.2) is 19.0 Å². The minimum absolute atomic E-state index is 0.139. The first-order valence-electron chi connectivity index (χ1n) is 7.90. The number of para-hydroxylation sites is 1. The summed E-state index contributed by atoms with van der Waals surface area (Å²) in [7, 11) is 0. The standard InChI is InChI=1S/C17H24N2O/c18-12-14-7-1-3-9-15(14)17(20)19-11-5-8-13-6-2-4-10-16(13)19/h2,4,6,10,14-15H,1,3,5,7-9,11-12,18H2. The summed E-state index contributed by atoms with van der Waals surface area (Å²) in [4.78, 5) is 15.0. The molecular weight excluding hydrogens is 248 g/mol. The van der Waals surface area contributed by atoms with Crippen LogP contribution >= 0.6 is 0 Å². The highest BCUT2D eigenvalue weighted by atomic mass is 16.2. The van der Waals surface area contributed by atoms with Crippen LogP contribution < -0.4 is 10.6 Å². The van der Waals surface area contributed by atoms with Gasteiger partial charge in [-0.25, -0.2) is 0 Å². The van der Waals surface area contributed by atoms with Gasteiger partial charge in [0, 0.05) is 18.2 Å². The third kappa shape index (κ3) is 2.47. The second-order valence-electron chi connectivity index (χ2n) is 6.11. The molecule has 2 aliphatic rings. The fourth-order valence-electron chi connectivity index (χ4n) is 3.78. The summed E-state index contributed by atoms with van der Waals surface area (Å²) in [6, 6.07) is 8.34. The Kier molecular flexibility index (Phi) is 4.06. The van der Waals surface area contributed by atoms with Crippen LogP contribution in [0.15, 0.2) is 24.3 Å². The van der Waals surface area contributed by atoms with Gasteiger partial charge in [0.15, 0.2) is 0 Å². The van der Waals surface area contributed by atoms with Crippen molar-refractivity contribution in [2.24, 2.45) is 17.6 Å². The van der Waals surface area contributed by atoms with Crippen LogP contribution in [0.3, 0.4) is 0 Å². The Bertz CT molecular complexity index is 486. The molecule has 1 fully saturated rings. The predicted molar refractivity (Wildman–Crippen MR) is 81.6 cm³/mol. The van der Waals surface area contributed by atoms with Crippen molar-refractivity contribution >= 4 is 11.6 Å². The van der Waals surface area contributed by atoms with Crippen LogP contribution in [0.5, 0.6) is 0 Å². The second kappa shape index (κ2) is 5.96. The molecule has 2 unspecified atom stereocenters. The third-order valence-corrected chi connectivity index (χ3v) is 4.91. The van der Waals surface area contributed by atoms with Gasteiger partial charge in [0.2, 0.25) is 5.91 Å². The Hall–Kier alpha value is -1.35. The van der Waals surface area contributed by atoms with Gasteiger partial charge in [-0.2, -0.15) is 0 Å². The van der Waals surface area contributed by atoms with Gasteiger partial charge in [-0.1, -0.05) is 31.0 Å². The summed E-state index contributed by atoms with van der Waals surface area (Å²) in [6.45, 7) is 1.51. The summed E-state index contributed by atoms with van der Waals surface area (Å²) in [6.07, 6.45) is 6.68. The molecule has 0 radical (unpaired) electrons. The number of carbonyl (C=O) groups is 1. The van der Waals surface area contributed by atoms with E-state index in [1.54, 1.807) is 0 Å². The van der Waals surface area contributed by atoms with Crippen molar-refractivity contribution in [3.63, 3.8) is 0 Å². The minimum Gasteiger partial charge on any atom is -0.330 e. The number of aryl methyl sites for hydroxylation is 1.